The van der Waals surface area contributed by atoms with Crippen LogP contribution in [-0.4, -0.2) is 14.2 Å². The van der Waals surface area contributed by atoms with Gasteiger partial charge in [0.15, 0.2) is 0 Å². The molecule has 0 fully saturated rings. The molecule has 0 N–H and O–H groups in total. The van der Waals surface area contributed by atoms with Crippen molar-refractivity contribution >= 4 is 33.1 Å². The summed E-state index contributed by atoms with van der Waals surface area (Å²) in [7, 11) is -3.17. The normalized spacial score (nSPS) is 11.7. The lowest BCUT2D eigenvalue weighted by Gasteiger charge is -1.88. The fourth-order valence-electron chi connectivity index (χ4n) is 0.0445. The first-order valence-electron chi connectivity index (χ1n) is 1.65. The van der Waals surface area contributed by atoms with Crippen molar-refractivity contribution in [2.45, 2.75) is 6.92 Å². The zero-order chi connectivity index (χ0) is 5.91. The molecule has 44 valence electrons. The van der Waals surface area contributed by atoms with Gasteiger partial charge in [-0.25, -0.2) is 0 Å². The minimum Gasteiger partial charge on any atom is -0.199 e. The summed E-state index contributed by atoms with van der Waals surface area (Å²) < 4.78 is 24.3. The van der Waals surface area contributed by atoms with Crippen LogP contribution in [0.25, 0.3) is 0 Å². The van der Waals surface area contributed by atoms with Crippen LogP contribution in [0, 0.1) is 0 Å². The van der Waals surface area contributed by atoms with Crippen molar-refractivity contribution in [2.75, 3.05) is 5.75 Å². The molecule has 0 aromatic heterocycles. The fraction of sp³-hybridized carbons (Fsp3) is 1.00. The first kappa shape index (κ1) is 7.64. The molecule has 0 saturated heterocycles. The van der Waals surface area contributed by atoms with Gasteiger partial charge in [0.2, 0.25) is 0 Å². The van der Waals surface area contributed by atoms with Crippen LogP contribution in [0.5, 0.6) is 0 Å². The van der Waals surface area contributed by atoms with Gasteiger partial charge in [-0.05, 0) is 6.92 Å². The zero-order valence-electron chi connectivity index (χ0n) is 3.72. The van der Waals surface area contributed by atoms with Gasteiger partial charge in [0.05, 0.1) is 5.75 Å². The average molecular weight is 236 g/mol. The van der Waals surface area contributed by atoms with Gasteiger partial charge in [0.1, 0.15) is 23.0 Å². The first-order chi connectivity index (χ1) is 3.12. The predicted octanol–water partition coefficient (Wildman–Crippen LogP) is 0.703. The molecule has 0 amide bonds. The van der Waals surface area contributed by atoms with Crippen molar-refractivity contribution in [1.29, 1.82) is 0 Å². The highest BCUT2D eigenvalue weighted by Crippen LogP contribution is 1.96. The number of halogens is 1. The lowest BCUT2D eigenvalue weighted by Crippen LogP contribution is -1.99. The molecular weight excluding hydrogens is 231 g/mol. The Labute approximate surface area is 56.9 Å². The molecule has 0 aliphatic rings. The monoisotopic (exact) mass is 236 g/mol. The van der Waals surface area contributed by atoms with E-state index in [4.69, 9.17) is 0 Å². The second-order valence-corrected chi connectivity index (χ2v) is 3.81. The summed E-state index contributed by atoms with van der Waals surface area (Å²) in [5, 5.41) is 0. The van der Waals surface area contributed by atoms with E-state index in [1.807, 2.05) is 0 Å². The van der Waals surface area contributed by atoms with Crippen molar-refractivity contribution < 1.29 is 10.9 Å². The van der Waals surface area contributed by atoms with Gasteiger partial charge in [0.25, 0.3) is 10.1 Å². The summed E-state index contributed by atoms with van der Waals surface area (Å²) in [6.07, 6.45) is 0. The van der Waals surface area contributed by atoms with E-state index in [2.05, 4.69) is 2.51 Å². The Kier molecular flexibility index (Phi) is 3.09. The fourth-order valence-corrected chi connectivity index (χ4v) is 0.896. The third-order valence-corrected chi connectivity index (χ3v) is 2.99. The highest BCUT2D eigenvalue weighted by atomic mass is 127. The Bertz CT molecular complexity index is 116. The van der Waals surface area contributed by atoms with Crippen LogP contribution in [-0.2, 0) is 12.6 Å². The van der Waals surface area contributed by atoms with Crippen molar-refractivity contribution in [3.8, 4) is 0 Å². The first-order valence-corrected chi connectivity index (χ1v) is 4.11. The molecule has 0 saturated carbocycles. The minimum atomic E-state index is -3.17. The maximum absolute atomic E-state index is 10.1. The second kappa shape index (κ2) is 2.83. The smallest absolute Gasteiger partial charge is 0.199 e. The molecule has 3 nitrogen and oxygen atoms in total. The number of rotatable bonds is 2. The second-order valence-electron chi connectivity index (χ2n) is 0.909. The molecule has 0 spiro atoms. The van der Waals surface area contributed by atoms with E-state index in [1.165, 1.54) is 29.9 Å². The van der Waals surface area contributed by atoms with Gasteiger partial charge in [-0.3, -0.25) is 0 Å². The molecule has 7 heavy (non-hydrogen) atoms. The van der Waals surface area contributed by atoms with Crippen LogP contribution < -0.4 is 0 Å². The van der Waals surface area contributed by atoms with Crippen LogP contribution in [0.3, 0.4) is 0 Å². The molecule has 0 aliphatic carbocycles. The quantitative estimate of drug-likeness (QED) is 0.663. The van der Waals surface area contributed by atoms with Gasteiger partial charge in [-0.15, -0.1) is 0 Å². The zero-order valence-corrected chi connectivity index (χ0v) is 6.69. The molecular formula is C2H5IO3S. The molecule has 0 bridgehead atoms. The maximum atomic E-state index is 10.1. The van der Waals surface area contributed by atoms with Gasteiger partial charge < -0.3 is 0 Å². The van der Waals surface area contributed by atoms with Crippen LogP contribution in [0.1, 0.15) is 6.92 Å². The van der Waals surface area contributed by atoms with E-state index >= 15 is 0 Å². The van der Waals surface area contributed by atoms with Crippen molar-refractivity contribution in [1.82, 2.24) is 0 Å². The summed E-state index contributed by atoms with van der Waals surface area (Å²) >= 11 is 1.34. The maximum Gasteiger partial charge on any atom is 0.276 e. The molecule has 0 radical (unpaired) electrons. The highest BCUT2D eigenvalue weighted by molar-refractivity contribution is 14.1. The van der Waals surface area contributed by atoms with E-state index in [1.54, 1.807) is 0 Å². The van der Waals surface area contributed by atoms with E-state index in [-0.39, 0.29) is 5.75 Å². The van der Waals surface area contributed by atoms with Crippen LogP contribution in [0.4, 0.5) is 0 Å². The van der Waals surface area contributed by atoms with Gasteiger partial charge >= 0.3 is 0 Å². The summed E-state index contributed by atoms with van der Waals surface area (Å²) in [5.74, 6) is 0.0376. The van der Waals surface area contributed by atoms with Crippen molar-refractivity contribution in [3.63, 3.8) is 0 Å². The number of hydrogen-bond donors (Lipinski definition) is 0. The lowest BCUT2D eigenvalue weighted by molar-refractivity contribution is 0.538. The molecule has 0 atom stereocenters. The predicted molar refractivity (Wildman–Crippen MR) is 34.6 cm³/mol. The van der Waals surface area contributed by atoms with Crippen molar-refractivity contribution in [2.24, 2.45) is 0 Å². The molecule has 5 heteroatoms. The topological polar surface area (TPSA) is 43.4 Å². The van der Waals surface area contributed by atoms with Gasteiger partial charge in [-0.1, -0.05) is 0 Å². The Morgan fingerprint density at radius 2 is 2.14 bits per heavy atom. The lowest BCUT2D eigenvalue weighted by atomic mass is 11.0. The van der Waals surface area contributed by atoms with E-state index < -0.39 is 10.1 Å². The highest BCUT2D eigenvalue weighted by Gasteiger charge is 2.01. The summed E-state index contributed by atoms with van der Waals surface area (Å²) in [4.78, 5) is 0. The van der Waals surface area contributed by atoms with E-state index in [0.717, 1.165) is 0 Å². The van der Waals surface area contributed by atoms with Crippen LogP contribution >= 0.6 is 23.0 Å². The Balaban J connectivity index is 3.89. The van der Waals surface area contributed by atoms with E-state index in [0.29, 0.717) is 0 Å². The molecule has 0 aromatic carbocycles. The minimum absolute atomic E-state index is 0.0376. The summed E-state index contributed by atoms with van der Waals surface area (Å²) in [6, 6.07) is 0. The Morgan fingerprint density at radius 1 is 1.71 bits per heavy atom. The number of hydrogen-bond acceptors (Lipinski definition) is 3. The Hall–Kier alpha value is 0.640. The van der Waals surface area contributed by atoms with Crippen molar-refractivity contribution in [3.05, 3.63) is 0 Å². The van der Waals surface area contributed by atoms with E-state index in [9.17, 15) is 8.42 Å². The molecule has 0 rings (SSSR count). The molecule has 0 aliphatic heterocycles. The molecule has 0 unspecified atom stereocenters. The third kappa shape index (κ3) is 3.24. The van der Waals surface area contributed by atoms with Gasteiger partial charge in [0, 0.05) is 0 Å². The Morgan fingerprint density at radius 3 is 2.14 bits per heavy atom. The van der Waals surface area contributed by atoms with Gasteiger partial charge in [-0.2, -0.15) is 10.9 Å². The molecule has 0 heterocycles. The summed E-state index contributed by atoms with van der Waals surface area (Å²) in [6.45, 7) is 1.52. The van der Waals surface area contributed by atoms with Crippen LogP contribution in [0.15, 0.2) is 0 Å². The standard InChI is InChI=1S/C2H5IO3S/c1-2-7(4,5)6-3/h2H2,1H3. The SMILES string of the molecule is CCS(=O)(=O)OI. The molecule has 0 aromatic rings. The summed E-state index contributed by atoms with van der Waals surface area (Å²) in [5.41, 5.74) is 0. The largest absolute Gasteiger partial charge is 0.276 e. The average Bonchev–Trinajstić information content (AvgIpc) is 1.68. The third-order valence-electron chi connectivity index (χ3n) is 0.450. The van der Waals surface area contributed by atoms with Crippen LogP contribution in [0.2, 0.25) is 0 Å².